The van der Waals surface area contributed by atoms with Gasteiger partial charge in [0.1, 0.15) is 4.90 Å². The SMILES string of the molecule is COCCCN(C)C(=O)c1cc(Cl)cc(S(N)(=O)=O)c1Cl. The van der Waals surface area contributed by atoms with Crippen molar-refractivity contribution in [1.29, 1.82) is 0 Å². The highest BCUT2D eigenvalue weighted by atomic mass is 35.5. The molecule has 0 radical (unpaired) electrons. The first-order valence-electron chi connectivity index (χ1n) is 5.94. The van der Waals surface area contributed by atoms with Gasteiger partial charge in [-0.2, -0.15) is 0 Å². The molecule has 2 N–H and O–H groups in total. The van der Waals surface area contributed by atoms with Crippen molar-refractivity contribution in [2.45, 2.75) is 11.3 Å². The highest BCUT2D eigenvalue weighted by Gasteiger charge is 2.23. The van der Waals surface area contributed by atoms with Crippen LogP contribution in [-0.2, 0) is 14.8 Å². The van der Waals surface area contributed by atoms with Crippen molar-refractivity contribution in [3.8, 4) is 0 Å². The number of benzene rings is 1. The lowest BCUT2D eigenvalue weighted by atomic mass is 10.2. The maximum Gasteiger partial charge on any atom is 0.255 e. The summed E-state index contributed by atoms with van der Waals surface area (Å²) in [6.07, 6.45) is 0.638. The van der Waals surface area contributed by atoms with Crippen molar-refractivity contribution in [3.63, 3.8) is 0 Å². The Morgan fingerprint density at radius 2 is 2.00 bits per heavy atom. The third-order valence-corrected chi connectivity index (χ3v) is 4.40. The number of hydrogen-bond donors (Lipinski definition) is 1. The molecule has 0 saturated carbocycles. The van der Waals surface area contributed by atoms with Gasteiger partial charge < -0.3 is 9.64 Å². The maximum absolute atomic E-state index is 12.3. The van der Waals surface area contributed by atoms with E-state index in [1.165, 1.54) is 11.0 Å². The zero-order chi connectivity index (χ0) is 16.2. The van der Waals surface area contributed by atoms with E-state index in [1.807, 2.05) is 0 Å². The lowest BCUT2D eigenvalue weighted by molar-refractivity contribution is 0.0779. The van der Waals surface area contributed by atoms with Gasteiger partial charge in [0.2, 0.25) is 10.0 Å². The van der Waals surface area contributed by atoms with Gasteiger partial charge in [0.05, 0.1) is 10.6 Å². The largest absolute Gasteiger partial charge is 0.385 e. The smallest absolute Gasteiger partial charge is 0.255 e. The minimum atomic E-state index is -4.07. The molecule has 0 heterocycles. The summed E-state index contributed by atoms with van der Waals surface area (Å²) in [5, 5.41) is 4.89. The van der Waals surface area contributed by atoms with Crippen molar-refractivity contribution in [1.82, 2.24) is 4.90 Å². The number of nitrogens with two attached hydrogens (primary N) is 1. The highest BCUT2D eigenvalue weighted by Crippen LogP contribution is 2.29. The summed E-state index contributed by atoms with van der Waals surface area (Å²) in [4.78, 5) is 13.3. The number of ether oxygens (including phenoxy) is 1. The van der Waals surface area contributed by atoms with Crippen LogP contribution in [-0.4, -0.2) is 46.5 Å². The second kappa shape index (κ2) is 7.42. The van der Waals surface area contributed by atoms with Crippen molar-refractivity contribution in [2.24, 2.45) is 5.14 Å². The van der Waals surface area contributed by atoms with Crippen molar-refractivity contribution in [3.05, 3.63) is 27.7 Å². The average molecular weight is 355 g/mol. The Bertz CT molecular complexity index is 634. The number of halogens is 2. The molecule has 0 aliphatic heterocycles. The van der Waals surface area contributed by atoms with Crippen LogP contribution in [0.25, 0.3) is 0 Å². The number of nitrogens with zero attached hydrogens (tertiary/aromatic N) is 1. The van der Waals surface area contributed by atoms with Gasteiger partial charge in [0.25, 0.3) is 5.91 Å². The Balaban J connectivity index is 3.13. The molecule has 118 valence electrons. The molecular weight excluding hydrogens is 339 g/mol. The van der Waals surface area contributed by atoms with Crippen LogP contribution < -0.4 is 5.14 Å². The molecule has 0 aromatic heterocycles. The van der Waals surface area contributed by atoms with Gasteiger partial charge in [-0.05, 0) is 18.6 Å². The van der Waals surface area contributed by atoms with Crippen LogP contribution in [0.5, 0.6) is 0 Å². The lowest BCUT2D eigenvalue weighted by Crippen LogP contribution is -2.29. The number of sulfonamides is 1. The first kappa shape index (κ1) is 18.2. The first-order chi connectivity index (χ1) is 9.68. The predicted molar refractivity (Wildman–Crippen MR) is 81.3 cm³/mol. The van der Waals surface area contributed by atoms with Gasteiger partial charge in [0, 0.05) is 32.3 Å². The third kappa shape index (κ3) is 4.82. The molecule has 0 unspecified atom stereocenters. The molecule has 1 rings (SSSR count). The molecule has 0 saturated heterocycles. The van der Waals surface area contributed by atoms with Crippen LogP contribution in [0.1, 0.15) is 16.8 Å². The van der Waals surface area contributed by atoms with Crippen molar-refractivity contribution < 1.29 is 17.9 Å². The van der Waals surface area contributed by atoms with Crippen LogP contribution >= 0.6 is 23.2 Å². The number of primary sulfonamides is 1. The van der Waals surface area contributed by atoms with Crippen LogP contribution in [0, 0.1) is 0 Å². The number of hydrogen-bond acceptors (Lipinski definition) is 4. The molecule has 0 atom stereocenters. The quantitative estimate of drug-likeness (QED) is 0.788. The minimum Gasteiger partial charge on any atom is -0.385 e. The van der Waals surface area contributed by atoms with E-state index in [0.29, 0.717) is 19.6 Å². The van der Waals surface area contributed by atoms with Crippen LogP contribution in [0.4, 0.5) is 0 Å². The fourth-order valence-corrected chi connectivity index (χ4v) is 3.13. The monoisotopic (exact) mass is 354 g/mol. The molecule has 0 aliphatic rings. The zero-order valence-corrected chi connectivity index (χ0v) is 13.9. The Hall–Kier alpha value is -0.860. The van der Waals surface area contributed by atoms with Crippen LogP contribution in [0.15, 0.2) is 17.0 Å². The molecule has 21 heavy (non-hydrogen) atoms. The Kier molecular flexibility index (Phi) is 6.42. The van der Waals surface area contributed by atoms with E-state index in [4.69, 9.17) is 33.1 Å². The first-order valence-corrected chi connectivity index (χ1v) is 8.25. The number of amides is 1. The maximum atomic E-state index is 12.3. The number of carbonyl (C=O) groups is 1. The molecule has 0 bridgehead atoms. The van der Waals surface area contributed by atoms with Crippen LogP contribution in [0.3, 0.4) is 0 Å². The highest BCUT2D eigenvalue weighted by molar-refractivity contribution is 7.89. The van der Waals surface area contributed by atoms with E-state index in [1.54, 1.807) is 14.2 Å². The van der Waals surface area contributed by atoms with Gasteiger partial charge in [-0.1, -0.05) is 23.2 Å². The summed E-state index contributed by atoms with van der Waals surface area (Å²) in [7, 11) is -0.927. The van der Waals surface area contributed by atoms with Gasteiger partial charge in [-0.3, -0.25) is 4.79 Å². The van der Waals surface area contributed by atoms with E-state index in [-0.39, 0.29) is 20.5 Å². The standard InChI is InChI=1S/C12H16Cl2N2O4S/c1-16(4-3-5-20-2)12(17)9-6-8(13)7-10(11(9)14)21(15,18)19/h6-7H,3-5H2,1-2H3,(H2,15,18,19). The normalized spacial score (nSPS) is 11.5. The van der Waals surface area contributed by atoms with E-state index in [9.17, 15) is 13.2 Å². The fraction of sp³-hybridized carbons (Fsp3) is 0.417. The van der Waals surface area contributed by atoms with E-state index >= 15 is 0 Å². The van der Waals surface area contributed by atoms with Gasteiger partial charge in [-0.15, -0.1) is 0 Å². The zero-order valence-electron chi connectivity index (χ0n) is 11.6. The second-order valence-electron chi connectivity index (χ2n) is 4.38. The summed E-state index contributed by atoms with van der Waals surface area (Å²) >= 11 is 11.8. The Labute approximate surface area is 133 Å². The van der Waals surface area contributed by atoms with E-state index in [2.05, 4.69) is 0 Å². The van der Waals surface area contributed by atoms with Crippen molar-refractivity contribution in [2.75, 3.05) is 27.3 Å². The Morgan fingerprint density at radius 3 is 2.52 bits per heavy atom. The summed E-state index contributed by atoms with van der Waals surface area (Å²) in [5.41, 5.74) is -0.00638. The minimum absolute atomic E-state index is 0.00638. The third-order valence-electron chi connectivity index (χ3n) is 2.73. The molecular formula is C12H16Cl2N2O4S. The summed E-state index contributed by atoms with van der Waals surface area (Å²) < 4.78 is 27.8. The van der Waals surface area contributed by atoms with E-state index < -0.39 is 15.9 Å². The van der Waals surface area contributed by atoms with Crippen LogP contribution in [0.2, 0.25) is 10.0 Å². The van der Waals surface area contributed by atoms with Gasteiger partial charge >= 0.3 is 0 Å². The molecule has 0 aliphatic carbocycles. The average Bonchev–Trinajstić information content (AvgIpc) is 2.39. The summed E-state index contributed by atoms with van der Waals surface area (Å²) in [6.45, 7) is 0.934. The number of carbonyl (C=O) groups excluding carboxylic acids is 1. The predicted octanol–water partition coefficient (Wildman–Crippen LogP) is 1.75. The molecule has 1 aromatic rings. The second-order valence-corrected chi connectivity index (χ2v) is 6.73. The van der Waals surface area contributed by atoms with E-state index in [0.717, 1.165) is 6.07 Å². The molecule has 0 fully saturated rings. The van der Waals surface area contributed by atoms with Crippen molar-refractivity contribution >= 4 is 39.1 Å². The molecule has 9 heteroatoms. The Morgan fingerprint density at radius 1 is 1.38 bits per heavy atom. The van der Waals surface area contributed by atoms with Gasteiger partial charge in [0.15, 0.2) is 0 Å². The molecule has 1 aromatic carbocycles. The number of rotatable bonds is 6. The molecule has 6 nitrogen and oxygen atoms in total. The lowest BCUT2D eigenvalue weighted by Gasteiger charge is -2.18. The summed E-state index contributed by atoms with van der Waals surface area (Å²) in [5.74, 6) is -0.441. The topological polar surface area (TPSA) is 89.7 Å². The summed E-state index contributed by atoms with van der Waals surface area (Å²) in [6, 6.07) is 2.43. The molecule has 0 spiro atoms. The molecule has 1 amide bonds. The fourth-order valence-electron chi connectivity index (χ4n) is 1.68. The number of methoxy groups -OCH3 is 1. The van der Waals surface area contributed by atoms with Gasteiger partial charge in [-0.25, -0.2) is 13.6 Å².